The van der Waals surface area contributed by atoms with Gasteiger partial charge in [0.25, 0.3) is 0 Å². The van der Waals surface area contributed by atoms with Crippen molar-refractivity contribution in [2.45, 2.75) is 37.4 Å². The van der Waals surface area contributed by atoms with Crippen LogP contribution in [0, 0.1) is 0 Å². The minimum Gasteiger partial charge on any atom is -0.377 e. The fraction of sp³-hybridized carbons (Fsp3) is 0.722. The second kappa shape index (κ2) is 8.21. The molecule has 0 N–H and O–H groups in total. The van der Waals surface area contributed by atoms with Crippen molar-refractivity contribution in [1.29, 1.82) is 0 Å². The Hall–Kier alpha value is -1.57. The van der Waals surface area contributed by atoms with Gasteiger partial charge in [-0.3, -0.25) is 4.79 Å². The molecule has 0 bridgehead atoms. The minimum absolute atomic E-state index is 0.147. The Kier molecular flexibility index (Phi) is 5.98. The lowest BCUT2D eigenvalue weighted by molar-refractivity contribution is -0.136. The van der Waals surface area contributed by atoms with Crippen LogP contribution >= 0.6 is 0 Å². The highest BCUT2D eigenvalue weighted by molar-refractivity contribution is 5.76. The number of likely N-dealkylation sites (N-methyl/N-ethyl adjacent to an activating group) is 1. The van der Waals surface area contributed by atoms with E-state index in [4.69, 9.17) is 9.47 Å². The average Bonchev–Trinajstić information content (AvgIpc) is 2.85. The molecule has 25 heavy (non-hydrogen) atoms. The molecular formula is C18H28N4O3. The summed E-state index contributed by atoms with van der Waals surface area (Å²) in [7, 11) is 4.11. The highest BCUT2D eigenvalue weighted by Gasteiger charge is 2.43. The Bertz CT molecular complexity index is 569. The van der Waals surface area contributed by atoms with Crippen LogP contribution in [0.5, 0.6) is 0 Å². The van der Waals surface area contributed by atoms with Crippen LogP contribution in [0.4, 0.5) is 0 Å². The number of ether oxygens (including phenoxy) is 2. The van der Waals surface area contributed by atoms with Crippen LogP contribution in [0.3, 0.4) is 0 Å². The maximum Gasteiger partial charge on any atom is 0.223 e. The standard InChI is InChI=1S/C18H28N4O3/c1-21(2)11-16-5-6-18(25-16)12-22(7-8-24-13-18)17(23)4-3-15-9-19-14-20-10-15/h9-10,14,16H,3-8,11-13H2,1-2H3/t16?,18-/m0/s1. The second-order valence-electron chi connectivity index (χ2n) is 7.34. The van der Waals surface area contributed by atoms with Crippen LogP contribution in [0.2, 0.25) is 0 Å². The molecule has 1 amide bonds. The normalized spacial score (nSPS) is 27.0. The van der Waals surface area contributed by atoms with Gasteiger partial charge in [0.1, 0.15) is 11.9 Å². The van der Waals surface area contributed by atoms with E-state index in [0.717, 1.165) is 24.9 Å². The molecule has 3 heterocycles. The third kappa shape index (κ3) is 4.96. The van der Waals surface area contributed by atoms with E-state index in [-0.39, 0.29) is 17.6 Å². The van der Waals surface area contributed by atoms with Gasteiger partial charge in [0.15, 0.2) is 0 Å². The molecule has 0 aliphatic carbocycles. The smallest absolute Gasteiger partial charge is 0.223 e. The topological polar surface area (TPSA) is 67.8 Å². The molecule has 138 valence electrons. The Morgan fingerprint density at radius 3 is 2.96 bits per heavy atom. The van der Waals surface area contributed by atoms with Gasteiger partial charge in [-0.15, -0.1) is 0 Å². The lowest BCUT2D eigenvalue weighted by Crippen LogP contribution is -2.47. The summed E-state index contributed by atoms with van der Waals surface area (Å²) in [6, 6.07) is 0. The van der Waals surface area contributed by atoms with Gasteiger partial charge in [-0.25, -0.2) is 9.97 Å². The van der Waals surface area contributed by atoms with Crippen LogP contribution in [-0.2, 0) is 20.7 Å². The number of aryl methyl sites for hydroxylation is 1. The van der Waals surface area contributed by atoms with Gasteiger partial charge in [0.05, 0.1) is 25.9 Å². The van der Waals surface area contributed by atoms with Gasteiger partial charge < -0.3 is 19.3 Å². The first-order valence-corrected chi connectivity index (χ1v) is 8.98. The predicted octanol–water partition coefficient (Wildman–Crippen LogP) is 0.747. The van der Waals surface area contributed by atoms with Crippen LogP contribution in [0.1, 0.15) is 24.8 Å². The van der Waals surface area contributed by atoms with Crippen molar-refractivity contribution in [2.24, 2.45) is 0 Å². The van der Waals surface area contributed by atoms with Gasteiger partial charge in [0, 0.05) is 31.9 Å². The number of rotatable bonds is 5. The fourth-order valence-electron chi connectivity index (χ4n) is 3.64. The summed E-state index contributed by atoms with van der Waals surface area (Å²) in [5.41, 5.74) is 0.641. The molecule has 1 spiro atoms. The average molecular weight is 348 g/mol. The highest BCUT2D eigenvalue weighted by Crippen LogP contribution is 2.33. The molecule has 2 saturated heterocycles. The summed E-state index contributed by atoms with van der Waals surface area (Å²) in [5, 5.41) is 0. The third-order valence-electron chi connectivity index (χ3n) is 4.85. The number of nitrogens with zero attached hydrogens (tertiary/aromatic N) is 4. The van der Waals surface area contributed by atoms with Crippen LogP contribution in [0.15, 0.2) is 18.7 Å². The van der Waals surface area contributed by atoms with Gasteiger partial charge in [0.2, 0.25) is 5.91 Å². The first-order chi connectivity index (χ1) is 12.1. The molecule has 7 nitrogen and oxygen atoms in total. The number of carbonyl (C=O) groups excluding carboxylic acids is 1. The van der Waals surface area contributed by atoms with Crippen molar-refractivity contribution in [3.05, 3.63) is 24.3 Å². The van der Waals surface area contributed by atoms with Crippen LogP contribution in [-0.4, -0.2) is 84.3 Å². The zero-order valence-electron chi connectivity index (χ0n) is 15.2. The maximum atomic E-state index is 12.7. The van der Waals surface area contributed by atoms with E-state index in [1.54, 1.807) is 12.4 Å². The van der Waals surface area contributed by atoms with Gasteiger partial charge in [-0.2, -0.15) is 0 Å². The molecule has 1 aromatic heterocycles. The van der Waals surface area contributed by atoms with Crippen molar-refractivity contribution >= 4 is 5.91 Å². The van der Waals surface area contributed by atoms with Crippen molar-refractivity contribution in [3.8, 4) is 0 Å². The van der Waals surface area contributed by atoms with Crippen LogP contribution < -0.4 is 0 Å². The summed E-state index contributed by atoms with van der Waals surface area (Å²) < 4.78 is 12.1. The molecule has 1 aromatic rings. The minimum atomic E-state index is -0.345. The molecule has 2 fully saturated rings. The Morgan fingerprint density at radius 1 is 1.40 bits per heavy atom. The molecule has 3 rings (SSSR count). The molecular weight excluding hydrogens is 320 g/mol. The number of amides is 1. The molecule has 7 heteroatoms. The van der Waals surface area contributed by atoms with Crippen molar-refractivity contribution in [1.82, 2.24) is 19.8 Å². The van der Waals surface area contributed by atoms with E-state index in [1.165, 1.54) is 6.33 Å². The summed E-state index contributed by atoms with van der Waals surface area (Å²) in [6.07, 6.45) is 8.34. The molecule has 1 unspecified atom stereocenters. The summed E-state index contributed by atoms with van der Waals surface area (Å²) in [5.74, 6) is 0.147. The van der Waals surface area contributed by atoms with E-state index in [0.29, 0.717) is 39.1 Å². The summed E-state index contributed by atoms with van der Waals surface area (Å²) in [6.45, 7) is 3.31. The van der Waals surface area contributed by atoms with E-state index in [1.807, 2.05) is 4.90 Å². The van der Waals surface area contributed by atoms with Gasteiger partial charge >= 0.3 is 0 Å². The lowest BCUT2D eigenvalue weighted by Gasteiger charge is -2.32. The van der Waals surface area contributed by atoms with Crippen molar-refractivity contribution in [2.75, 3.05) is 46.9 Å². The van der Waals surface area contributed by atoms with E-state index < -0.39 is 0 Å². The molecule has 0 saturated carbocycles. The third-order valence-corrected chi connectivity index (χ3v) is 4.85. The molecule has 2 atom stereocenters. The first-order valence-electron chi connectivity index (χ1n) is 8.98. The zero-order chi connectivity index (χ0) is 17.7. The monoisotopic (exact) mass is 348 g/mol. The fourth-order valence-corrected chi connectivity index (χ4v) is 3.64. The van der Waals surface area contributed by atoms with Crippen molar-refractivity contribution < 1.29 is 14.3 Å². The maximum absolute atomic E-state index is 12.7. The Labute approximate surface area is 149 Å². The van der Waals surface area contributed by atoms with Gasteiger partial charge in [-0.05, 0) is 38.9 Å². The predicted molar refractivity (Wildman–Crippen MR) is 93.1 cm³/mol. The lowest BCUT2D eigenvalue weighted by atomic mass is 9.99. The number of hydrogen-bond donors (Lipinski definition) is 0. The van der Waals surface area contributed by atoms with E-state index >= 15 is 0 Å². The SMILES string of the molecule is CN(C)CC1CC[C@]2(COCCN(C(=O)CCc3cncnc3)C2)O1. The van der Waals surface area contributed by atoms with Crippen LogP contribution in [0.25, 0.3) is 0 Å². The Morgan fingerprint density at radius 2 is 2.20 bits per heavy atom. The van der Waals surface area contributed by atoms with E-state index in [2.05, 4.69) is 29.0 Å². The second-order valence-corrected chi connectivity index (χ2v) is 7.34. The molecule has 2 aliphatic rings. The summed E-state index contributed by atoms with van der Waals surface area (Å²) in [4.78, 5) is 24.7. The quantitative estimate of drug-likeness (QED) is 0.782. The number of hydrogen-bond acceptors (Lipinski definition) is 6. The molecule has 0 aromatic carbocycles. The highest BCUT2D eigenvalue weighted by atomic mass is 16.6. The molecule has 0 radical (unpaired) electrons. The van der Waals surface area contributed by atoms with E-state index in [9.17, 15) is 4.79 Å². The van der Waals surface area contributed by atoms with Crippen molar-refractivity contribution in [3.63, 3.8) is 0 Å². The van der Waals surface area contributed by atoms with Gasteiger partial charge in [-0.1, -0.05) is 0 Å². The summed E-state index contributed by atoms with van der Waals surface area (Å²) >= 11 is 0. The number of carbonyl (C=O) groups is 1. The Balaban J connectivity index is 1.57. The largest absolute Gasteiger partial charge is 0.377 e. The first kappa shape index (κ1) is 18.2. The number of aromatic nitrogens is 2. The molecule has 2 aliphatic heterocycles. The zero-order valence-corrected chi connectivity index (χ0v) is 15.2.